The molecule has 82 heavy (non-hydrogen) atoms. The summed E-state index contributed by atoms with van der Waals surface area (Å²) in [5, 5.41) is 0. The minimum Gasteiger partial charge on any atom is -0.398 e. The Morgan fingerprint density at radius 3 is 0.439 bits per heavy atom. The molecule has 2 heterocycles. The van der Waals surface area contributed by atoms with Gasteiger partial charge in [0.25, 0.3) is 0 Å². The Morgan fingerprint density at radius 2 is 0.317 bits per heavy atom. The molecular weight excluding hydrogens is 1380 g/mol. The molecule has 34 nitrogen and oxygen atoms in total. The van der Waals surface area contributed by atoms with E-state index >= 15 is 0 Å². The highest BCUT2D eigenvalue weighted by Gasteiger charge is 2.72. The third-order valence-corrected chi connectivity index (χ3v) is 69.4. The Labute approximate surface area is 503 Å². The largest absolute Gasteiger partial charge is 0.671 e. The standard InChI is InChI=1S/C16H48O19Si8.C16H48O15Si8/c1-17-36(12,18-2)28-37(13)29-38(14,33-41(19-3,20-4)21-5)31-40(16,35-43(25-9,26-10)27-11)32-39(15,30-37)34-42(22-6,23-7)24-8;1-17-32(8,9)24-36(13)28-37(14,25-33(10,18-2)19-3)30-39(16,27-35(12,22-6)23-7)31-38(15,29-36)26-34(11,20-4)21-5/h1-16H3;1-16H3. The molecule has 0 spiro atoms. The first-order valence-electron chi connectivity index (χ1n) is 24.6. The molecule has 50 heteroatoms. The zero-order valence-electron chi connectivity index (χ0n) is 53.9. The maximum absolute atomic E-state index is 6.67. The van der Waals surface area contributed by atoms with E-state index in [4.69, 9.17) is 146 Å². The summed E-state index contributed by atoms with van der Waals surface area (Å²) in [5.74, 6) is 0. The topological polar surface area (TPSA) is 314 Å². The highest BCUT2D eigenvalue weighted by molar-refractivity contribution is 6.95. The van der Waals surface area contributed by atoms with Crippen molar-refractivity contribution in [1.29, 1.82) is 0 Å². The van der Waals surface area contributed by atoms with Crippen LogP contribution in [-0.4, -0.2) is 269 Å². The van der Waals surface area contributed by atoms with Gasteiger partial charge in [0, 0.05) is 207 Å². The normalized spacial score (nSPS) is 30.7. The minimum atomic E-state index is -4.17. The van der Waals surface area contributed by atoms with Crippen molar-refractivity contribution in [3.05, 3.63) is 0 Å². The van der Waals surface area contributed by atoms with E-state index in [9.17, 15) is 0 Å². The molecule has 0 aromatic carbocycles. The van der Waals surface area contributed by atoms with Crippen molar-refractivity contribution < 1.29 is 146 Å². The van der Waals surface area contributed by atoms with E-state index in [1.54, 1.807) is 79.1 Å². The van der Waals surface area contributed by atoms with Crippen molar-refractivity contribution in [2.45, 2.75) is 91.7 Å². The van der Waals surface area contributed by atoms with Crippen LogP contribution >= 0.6 is 0 Å². The zero-order chi connectivity index (χ0) is 64.0. The van der Waals surface area contributed by atoms with Gasteiger partial charge in [-0.05, 0) is 13.1 Å². The Hall–Kier alpha value is 2.11. The van der Waals surface area contributed by atoms with Gasteiger partial charge in [0.05, 0.1) is 0 Å². The predicted molar refractivity (Wildman–Crippen MR) is 318 cm³/mol. The third kappa shape index (κ3) is 23.3. The monoisotopic (exact) mass is 1470 g/mol. The second-order valence-electron chi connectivity index (χ2n) is 18.6. The van der Waals surface area contributed by atoms with E-state index in [2.05, 4.69) is 0 Å². The average Bonchev–Trinajstić information content (AvgIpc) is 3.34. The van der Waals surface area contributed by atoms with E-state index < -0.39 is 141 Å². The van der Waals surface area contributed by atoms with Gasteiger partial charge in [-0.15, -0.1) is 0 Å². The third-order valence-electron chi connectivity index (χ3n) is 11.5. The smallest absolute Gasteiger partial charge is 0.398 e. The molecule has 0 radical (unpaired) electrons. The van der Waals surface area contributed by atoms with Crippen LogP contribution in [0.15, 0.2) is 0 Å². The summed E-state index contributed by atoms with van der Waals surface area (Å²) in [7, 11) is -33.6. The molecule has 492 valence electrons. The fraction of sp³-hybridized carbons (Fsp3) is 1.00. The first-order chi connectivity index (χ1) is 37.4. The van der Waals surface area contributed by atoms with E-state index in [1.165, 1.54) is 127 Å². The van der Waals surface area contributed by atoms with E-state index in [-0.39, 0.29) is 0 Å². The van der Waals surface area contributed by atoms with Crippen LogP contribution < -0.4 is 0 Å². The maximum Gasteiger partial charge on any atom is 0.671 e. The summed E-state index contributed by atoms with van der Waals surface area (Å²) in [6.07, 6.45) is 0. The second kappa shape index (κ2) is 32.1. The van der Waals surface area contributed by atoms with Crippen molar-refractivity contribution >= 4 is 141 Å². The Morgan fingerprint density at radius 1 is 0.183 bits per heavy atom. The molecule has 2 aliphatic heterocycles. The van der Waals surface area contributed by atoms with Crippen LogP contribution in [0.5, 0.6) is 0 Å². The predicted octanol–water partition coefficient (Wildman–Crippen LogP) is 2.73. The summed E-state index contributed by atoms with van der Waals surface area (Å²) in [6.45, 7) is 23.4. The number of hydrogen-bond acceptors (Lipinski definition) is 34. The molecule has 0 bridgehead atoms. The van der Waals surface area contributed by atoms with Crippen LogP contribution in [0.3, 0.4) is 0 Å². The molecule has 0 amide bonds. The highest BCUT2D eigenvalue weighted by atomic mass is 28.6. The van der Waals surface area contributed by atoms with Crippen LogP contribution in [0.2, 0.25) is 91.7 Å². The summed E-state index contributed by atoms with van der Waals surface area (Å²) < 4.78 is 204. The molecule has 0 saturated carbocycles. The van der Waals surface area contributed by atoms with Gasteiger partial charge in [-0.25, -0.2) is 0 Å². The van der Waals surface area contributed by atoms with E-state index in [1.807, 2.05) is 13.1 Å². The Kier molecular flexibility index (Phi) is 32.2. The van der Waals surface area contributed by atoms with E-state index in [0.29, 0.717) is 0 Å². The van der Waals surface area contributed by atoms with Crippen LogP contribution in [0.4, 0.5) is 0 Å². The Balaban J connectivity index is 0.000000824. The first-order valence-corrected chi connectivity index (χ1v) is 59.0. The summed E-state index contributed by atoms with van der Waals surface area (Å²) in [4.78, 5) is 0. The van der Waals surface area contributed by atoms with Gasteiger partial charge in [-0.2, -0.15) is 0 Å². The lowest BCUT2D eigenvalue weighted by molar-refractivity contribution is -0.0135. The fourth-order valence-corrected chi connectivity index (χ4v) is 70.0. The van der Waals surface area contributed by atoms with Crippen molar-refractivity contribution in [3.63, 3.8) is 0 Å². The lowest BCUT2D eigenvalue weighted by Gasteiger charge is -2.50. The van der Waals surface area contributed by atoms with Crippen molar-refractivity contribution in [3.8, 4) is 0 Å². The average molecular weight is 1470 g/mol. The lowest BCUT2D eigenvalue weighted by atomic mass is 11.8. The van der Waals surface area contributed by atoms with Gasteiger partial charge in [-0.3, -0.25) is 0 Å². The molecule has 2 aliphatic rings. The summed E-state index contributed by atoms with van der Waals surface area (Å²) >= 11 is 0. The van der Waals surface area contributed by atoms with Gasteiger partial charge in [-0.1, -0.05) is 0 Å². The van der Waals surface area contributed by atoms with Crippen LogP contribution in [0.25, 0.3) is 0 Å². The lowest BCUT2D eigenvalue weighted by Crippen LogP contribution is -2.76. The van der Waals surface area contributed by atoms with Gasteiger partial charge in [0.15, 0.2) is 0 Å². The van der Waals surface area contributed by atoms with Gasteiger partial charge in [0.2, 0.25) is 0 Å². The molecule has 4 unspecified atom stereocenters. The second-order valence-corrected chi connectivity index (χ2v) is 65.5. The SMILES string of the molecule is CO[Si](C)(C)O[Si]1(C)O[Si](C)(O[Si](C)(OC)OC)O[Si](C)(O[Si](C)(OC)OC)O[Si](C)(O[Si](C)(OC)OC)O1.CO[Si](C)(OC)O[Si]1(C)O[Si](C)(O[Si](OC)(OC)OC)O[Si](C)(O[Si](OC)(OC)OC)O[Si](C)(O[Si](OC)(OC)OC)O1. The molecule has 0 aromatic rings. The number of hydrogen-bond donors (Lipinski definition) is 0. The molecule has 2 saturated heterocycles. The fourth-order valence-electron chi connectivity index (χ4n) is 7.50. The van der Waals surface area contributed by atoms with Gasteiger partial charge < -0.3 is 146 Å². The quantitative estimate of drug-likeness (QED) is 0.0836. The van der Waals surface area contributed by atoms with E-state index in [0.717, 1.165) is 0 Å². The molecule has 0 aliphatic carbocycles. The summed E-state index contributed by atoms with van der Waals surface area (Å²) in [5.41, 5.74) is 0. The van der Waals surface area contributed by atoms with Crippen LogP contribution in [-0.2, 0) is 146 Å². The molecule has 2 rings (SSSR count). The van der Waals surface area contributed by atoms with Gasteiger partial charge >= 0.3 is 141 Å². The van der Waals surface area contributed by atoms with Crippen LogP contribution in [0.1, 0.15) is 0 Å². The molecule has 0 aromatic heterocycles. The molecule has 4 atom stereocenters. The number of rotatable bonds is 34. The van der Waals surface area contributed by atoms with Crippen molar-refractivity contribution in [2.24, 2.45) is 0 Å². The molecule has 2 fully saturated rings. The highest BCUT2D eigenvalue weighted by Crippen LogP contribution is 2.41. The van der Waals surface area contributed by atoms with Crippen molar-refractivity contribution in [1.82, 2.24) is 0 Å². The molecule has 0 N–H and O–H groups in total. The maximum atomic E-state index is 6.67. The first kappa shape index (κ1) is 82.1. The molecular formula is C32H96O34Si16. The zero-order valence-corrected chi connectivity index (χ0v) is 69.9. The summed E-state index contributed by atoms with van der Waals surface area (Å²) in [6, 6.07) is 0. The van der Waals surface area contributed by atoms with Gasteiger partial charge in [0.1, 0.15) is 0 Å². The minimum absolute atomic E-state index is 1.35. The van der Waals surface area contributed by atoms with Crippen LogP contribution in [0, 0.1) is 0 Å². The Bertz CT molecular complexity index is 1790. The van der Waals surface area contributed by atoms with Crippen molar-refractivity contribution in [2.75, 3.05) is 128 Å².